The number of likely N-dealkylation sites (tertiary alicyclic amines) is 1. The molecule has 14 heteroatoms. The number of halogens is 4. The summed E-state index contributed by atoms with van der Waals surface area (Å²) in [6.45, 7) is -0.436. The molecule has 0 bridgehead atoms. The molecular formula is C24H22F4N6O4. The number of nitrogens with zero attached hydrogens (tertiary/aromatic N) is 5. The number of aliphatic hydroxyl groups is 1. The summed E-state index contributed by atoms with van der Waals surface area (Å²) in [4.78, 5) is 16.6. The van der Waals surface area contributed by atoms with E-state index < -0.39 is 30.2 Å². The number of fused-ring (bicyclic) bond motifs is 2. The number of alkyl halides is 3. The number of aliphatic hydroxyl groups excluding tert-OH is 1. The third kappa shape index (κ3) is 5.04. The monoisotopic (exact) mass is 534 g/mol. The number of benzene rings is 1. The predicted octanol–water partition coefficient (Wildman–Crippen LogP) is 3.40. The molecule has 4 heterocycles. The third-order valence-corrected chi connectivity index (χ3v) is 6.28. The molecule has 38 heavy (non-hydrogen) atoms. The number of pyridine rings is 2. The lowest BCUT2D eigenvalue weighted by atomic mass is 10.1. The normalized spacial score (nSPS) is 17.2. The van der Waals surface area contributed by atoms with Gasteiger partial charge in [0.05, 0.1) is 12.1 Å². The van der Waals surface area contributed by atoms with Gasteiger partial charge in [-0.05, 0) is 30.2 Å². The van der Waals surface area contributed by atoms with Gasteiger partial charge in [-0.15, -0.1) is 10.2 Å². The van der Waals surface area contributed by atoms with Crippen LogP contribution in [0.5, 0.6) is 5.75 Å². The summed E-state index contributed by atoms with van der Waals surface area (Å²) in [6.07, 6.45) is -4.36. The van der Waals surface area contributed by atoms with E-state index in [4.69, 9.17) is 14.9 Å². The van der Waals surface area contributed by atoms with E-state index in [1.165, 1.54) is 39.8 Å². The average Bonchev–Trinajstić information content (AvgIpc) is 3.48. The van der Waals surface area contributed by atoms with Gasteiger partial charge in [-0.3, -0.25) is 9.30 Å². The summed E-state index contributed by atoms with van der Waals surface area (Å²) in [5, 5.41) is 28.7. The number of hydrogen-bond acceptors (Lipinski definition) is 7. The minimum Gasteiger partial charge on any atom is -0.488 e. The van der Waals surface area contributed by atoms with Crippen LogP contribution in [0.4, 0.5) is 22.4 Å². The number of amides is 1. The second kappa shape index (κ2) is 10.0. The predicted molar refractivity (Wildman–Crippen MR) is 126 cm³/mol. The highest BCUT2D eigenvalue weighted by molar-refractivity contribution is 5.82. The molecule has 1 saturated heterocycles. The topological polar surface area (TPSA) is 125 Å². The molecular weight excluding hydrogens is 512 g/mol. The number of aromatic nitrogens is 4. The first-order valence-corrected chi connectivity index (χ1v) is 11.6. The minimum atomic E-state index is -4.63. The van der Waals surface area contributed by atoms with Gasteiger partial charge in [0.15, 0.2) is 23.0 Å². The SMILES string of the molecule is O=C(O)N[C@H]1CCN([C@H](c2ccc3nnc(-c4ccc5cc(F)c(OCCO)cc5n4)n3c2)C(F)(F)F)C1. The zero-order valence-electron chi connectivity index (χ0n) is 19.7. The number of rotatable bonds is 7. The van der Waals surface area contributed by atoms with Gasteiger partial charge >= 0.3 is 12.3 Å². The maximum atomic E-state index is 14.3. The van der Waals surface area contributed by atoms with Crippen LogP contribution in [0.25, 0.3) is 28.1 Å². The Hall–Kier alpha value is -4.04. The third-order valence-electron chi connectivity index (χ3n) is 6.28. The van der Waals surface area contributed by atoms with Crippen LogP contribution in [-0.2, 0) is 0 Å². The van der Waals surface area contributed by atoms with Crippen molar-refractivity contribution < 1.29 is 37.3 Å². The van der Waals surface area contributed by atoms with E-state index in [9.17, 15) is 22.4 Å². The Morgan fingerprint density at radius 2 is 2.03 bits per heavy atom. The highest BCUT2D eigenvalue weighted by atomic mass is 19.4. The average molecular weight is 534 g/mol. The maximum Gasteiger partial charge on any atom is 0.408 e. The van der Waals surface area contributed by atoms with Crippen LogP contribution in [0.3, 0.4) is 0 Å². The Morgan fingerprint density at radius 1 is 1.21 bits per heavy atom. The zero-order valence-corrected chi connectivity index (χ0v) is 19.7. The number of nitrogens with one attached hydrogen (secondary N) is 1. The second-order valence-electron chi connectivity index (χ2n) is 8.83. The van der Waals surface area contributed by atoms with Crippen LogP contribution in [0.2, 0.25) is 0 Å². The van der Waals surface area contributed by atoms with Gasteiger partial charge in [0.25, 0.3) is 0 Å². The first kappa shape index (κ1) is 25.6. The minimum absolute atomic E-state index is 0.0612. The van der Waals surface area contributed by atoms with Crippen molar-refractivity contribution in [2.45, 2.75) is 24.7 Å². The molecule has 0 aliphatic carbocycles. The fourth-order valence-electron chi connectivity index (χ4n) is 4.68. The maximum absolute atomic E-state index is 14.3. The van der Waals surface area contributed by atoms with E-state index >= 15 is 0 Å². The number of ether oxygens (including phenoxy) is 1. The molecule has 1 aliphatic heterocycles. The van der Waals surface area contributed by atoms with E-state index in [1.54, 1.807) is 12.1 Å². The molecule has 2 atom stereocenters. The highest BCUT2D eigenvalue weighted by Gasteiger charge is 2.47. The fourth-order valence-corrected chi connectivity index (χ4v) is 4.68. The van der Waals surface area contributed by atoms with E-state index in [0.29, 0.717) is 16.6 Å². The van der Waals surface area contributed by atoms with Crippen molar-refractivity contribution in [3.63, 3.8) is 0 Å². The Labute approximate surface area is 212 Å². The smallest absolute Gasteiger partial charge is 0.408 e. The van der Waals surface area contributed by atoms with Crippen molar-refractivity contribution in [2.24, 2.45) is 0 Å². The molecule has 1 aliphatic rings. The van der Waals surface area contributed by atoms with E-state index in [1.807, 2.05) is 0 Å². The molecule has 1 fully saturated rings. The molecule has 0 radical (unpaired) electrons. The molecule has 0 saturated carbocycles. The standard InChI is InChI=1S/C24H22F4N6O4/c25-16-9-13-1-3-17(30-18(13)10-19(16)38-8-7-35)22-32-31-20-4-2-14(11-34(20)22)21(24(26,27)28)33-6-5-15(12-33)29-23(36)37/h1-4,9-11,15,21,29,35H,5-8,12H2,(H,36,37)/t15-,21+/m0/s1. The molecule has 0 unspecified atom stereocenters. The van der Waals surface area contributed by atoms with Crippen molar-refractivity contribution in [1.82, 2.24) is 29.8 Å². The molecule has 5 rings (SSSR count). The lowest BCUT2D eigenvalue weighted by Gasteiger charge is -2.30. The summed E-state index contributed by atoms with van der Waals surface area (Å²) in [7, 11) is 0. The summed E-state index contributed by atoms with van der Waals surface area (Å²) in [6, 6.07) is 5.92. The van der Waals surface area contributed by atoms with E-state index in [-0.39, 0.29) is 55.6 Å². The van der Waals surface area contributed by atoms with Crippen molar-refractivity contribution in [1.29, 1.82) is 0 Å². The first-order valence-electron chi connectivity index (χ1n) is 11.6. The van der Waals surface area contributed by atoms with E-state index in [2.05, 4.69) is 20.5 Å². The molecule has 1 amide bonds. The Balaban J connectivity index is 1.52. The Kier molecular flexibility index (Phi) is 6.75. The van der Waals surface area contributed by atoms with Crippen LogP contribution in [0.1, 0.15) is 18.0 Å². The summed E-state index contributed by atoms with van der Waals surface area (Å²) in [5.74, 6) is -0.545. The van der Waals surface area contributed by atoms with Crippen molar-refractivity contribution in [2.75, 3.05) is 26.3 Å². The quantitative estimate of drug-likeness (QED) is 0.308. The molecule has 3 aromatic heterocycles. The van der Waals surface area contributed by atoms with Crippen molar-refractivity contribution >= 4 is 22.6 Å². The van der Waals surface area contributed by atoms with Crippen molar-refractivity contribution in [3.05, 3.63) is 54.0 Å². The van der Waals surface area contributed by atoms with Crippen LogP contribution in [0.15, 0.2) is 42.6 Å². The van der Waals surface area contributed by atoms with Gasteiger partial charge in [-0.25, -0.2) is 14.2 Å². The summed E-state index contributed by atoms with van der Waals surface area (Å²) >= 11 is 0. The van der Waals surface area contributed by atoms with E-state index in [0.717, 1.165) is 0 Å². The summed E-state index contributed by atoms with van der Waals surface area (Å²) in [5.41, 5.74) is 0.873. The van der Waals surface area contributed by atoms with Gasteiger partial charge in [0.1, 0.15) is 18.3 Å². The van der Waals surface area contributed by atoms with Gasteiger partial charge in [-0.2, -0.15) is 13.2 Å². The van der Waals surface area contributed by atoms with Crippen LogP contribution in [0, 0.1) is 5.82 Å². The highest BCUT2D eigenvalue weighted by Crippen LogP contribution is 2.40. The van der Waals surface area contributed by atoms with Gasteiger partial charge < -0.3 is 20.3 Å². The van der Waals surface area contributed by atoms with Gasteiger partial charge in [0, 0.05) is 36.8 Å². The molecule has 1 aromatic carbocycles. The zero-order chi connectivity index (χ0) is 27.0. The molecule has 10 nitrogen and oxygen atoms in total. The Bertz CT molecular complexity index is 1490. The molecule has 0 spiro atoms. The van der Waals surface area contributed by atoms with Gasteiger partial charge in [0.2, 0.25) is 0 Å². The largest absolute Gasteiger partial charge is 0.488 e. The first-order chi connectivity index (χ1) is 18.1. The second-order valence-corrected chi connectivity index (χ2v) is 8.83. The van der Waals surface area contributed by atoms with Crippen LogP contribution in [-0.4, -0.2) is 79.3 Å². The fraction of sp³-hybridized carbons (Fsp3) is 0.333. The molecule has 200 valence electrons. The van der Waals surface area contributed by atoms with Crippen LogP contribution >= 0.6 is 0 Å². The molecule has 4 aromatic rings. The summed E-state index contributed by atoms with van der Waals surface area (Å²) < 4.78 is 63.6. The number of carbonyl (C=O) groups is 1. The Morgan fingerprint density at radius 3 is 2.76 bits per heavy atom. The lowest BCUT2D eigenvalue weighted by Crippen LogP contribution is -2.40. The number of hydrogen-bond donors (Lipinski definition) is 3. The van der Waals surface area contributed by atoms with Crippen LogP contribution < -0.4 is 10.1 Å². The van der Waals surface area contributed by atoms with Crippen molar-refractivity contribution in [3.8, 4) is 17.3 Å². The number of carboxylic acid groups (broad SMARTS) is 1. The van der Waals surface area contributed by atoms with Gasteiger partial charge in [-0.1, -0.05) is 12.1 Å². The molecule has 3 N–H and O–H groups in total. The lowest BCUT2D eigenvalue weighted by molar-refractivity contribution is -0.184.